The molecule has 1 aromatic heterocycles. The van der Waals surface area contributed by atoms with Crippen molar-refractivity contribution in [1.82, 2.24) is 0 Å². The van der Waals surface area contributed by atoms with E-state index in [1.165, 1.54) is 107 Å². The summed E-state index contributed by atoms with van der Waals surface area (Å²) in [6, 6.07) is 58.9. The first-order valence-electron chi connectivity index (χ1n) is 16.3. The number of fused-ring (bicyclic) bond motifs is 10. The van der Waals surface area contributed by atoms with Crippen molar-refractivity contribution < 1.29 is 0 Å². The van der Waals surface area contributed by atoms with E-state index in [-0.39, 0.29) is 0 Å². The Morgan fingerprint density at radius 2 is 0.830 bits per heavy atom. The fourth-order valence-corrected chi connectivity index (χ4v) is 9.52. The molecule has 0 radical (unpaired) electrons. The van der Waals surface area contributed by atoms with Gasteiger partial charge in [-0.1, -0.05) is 133 Å². The summed E-state index contributed by atoms with van der Waals surface area (Å²) in [7, 11) is 0. The topological polar surface area (TPSA) is 0 Å². The first kappa shape index (κ1) is 25.4. The minimum atomic E-state index is 1.24. The van der Waals surface area contributed by atoms with Crippen LogP contribution in [0.15, 0.2) is 158 Å². The first-order valence-corrected chi connectivity index (χ1v) is 17.1. The fourth-order valence-electron chi connectivity index (χ4n) is 8.25. The Kier molecular flexibility index (Phi) is 5.08. The van der Waals surface area contributed by atoms with Crippen LogP contribution in [0.5, 0.6) is 0 Å². The highest BCUT2D eigenvalue weighted by atomic mass is 32.1. The van der Waals surface area contributed by atoms with Gasteiger partial charge in [0, 0.05) is 20.2 Å². The Morgan fingerprint density at radius 1 is 0.298 bits per heavy atom. The monoisotopic (exact) mass is 610 g/mol. The van der Waals surface area contributed by atoms with Crippen LogP contribution in [0.25, 0.3) is 107 Å². The molecule has 0 saturated heterocycles. The van der Waals surface area contributed by atoms with Crippen molar-refractivity contribution in [3.8, 4) is 22.3 Å². The molecule has 0 nitrogen and oxygen atoms in total. The predicted molar refractivity (Wildman–Crippen MR) is 206 cm³/mol. The zero-order valence-electron chi connectivity index (χ0n) is 25.4. The lowest BCUT2D eigenvalue weighted by molar-refractivity contribution is 1.63. The molecular weight excluding hydrogens is 585 g/mol. The molecule has 0 saturated carbocycles. The molecule has 0 amide bonds. The number of thiophene rings is 1. The molecule has 0 aliphatic rings. The van der Waals surface area contributed by atoms with Crippen LogP contribution < -0.4 is 0 Å². The van der Waals surface area contributed by atoms with Gasteiger partial charge in [-0.3, -0.25) is 0 Å². The van der Waals surface area contributed by atoms with Gasteiger partial charge in [-0.25, -0.2) is 0 Å². The second-order valence-corrected chi connectivity index (χ2v) is 13.9. The summed E-state index contributed by atoms with van der Waals surface area (Å²) < 4.78 is 2.69. The number of rotatable bonds is 2. The summed E-state index contributed by atoms with van der Waals surface area (Å²) in [6.07, 6.45) is 0. The molecule has 1 heteroatoms. The molecule has 0 bridgehead atoms. The third-order valence-electron chi connectivity index (χ3n) is 10.4. The first-order chi connectivity index (χ1) is 23.3. The Bertz CT molecular complexity index is 3070. The molecule has 0 spiro atoms. The number of hydrogen-bond acceptors (Lipinski definition) is 1. The summed E-state index contributed by atoms with van der Waals surface area (Å²) in [6.45, 7) is 0. The van der Waals surface area contributed by atoms with Gasteiger partial charge in [-0.2, -0.15) is 0 Å². The molecular formula is C46H26S. The van der Waals surface area contributed by atoms with Crippen LogP contribution >= 0.6 is 11.3 Å². The third kappa shape index (κ3) is 3.52. The maximum Gasteiger partial charge on any atom is 0.0433 e. The van der Waals surface area contributed by atoms with Crippen LogP contribution in [-0.4, -0.2) is 0 Å². The molecule has 1 heterocycles. The average molecular weight is 611 g/mol. The molecule has 0 aliphatic heterocycles. The van der Waals surface area contributed by atoms with E-state index < -0.39 is 0 Å². The summed E-state index contributed by atoms with van der Waals surface area (Å²) in [4.78, 5) is 0. The Balaban J connectivity index is 1.13. The van der Waals surface area contributed by atoms with Gasteiger partial charge < -0.3 is 0 Å². The maximum atomic E-state index is 2.42. The molecule has 10 aromatic carbocycles. The zero-order valence-corrected chi connectivity index (χ0v) is 26.2. The summed E-state index contributed by atoms with van der Waals surface area (Å²) in [5.41, 5.74) is 5.04. The van der Waals surface area contributed by atoms with Crippen LogP contribution in [0.2, 0.25) is 0 Å². The Morgan fingerprint density at radius 3 is 1.57 bits per heavy atom. The predicted octanol–water partition coefficient (Wildman–Crippen LogP) is 13.7. The maximum absolute atomic E-state index is 2.42. The van der Waals surface area contributed by atoms with Gasteiger partial charge >= 0.3 is 0 Å². The molecule has 0 unspecified atom stereocenters. The van der Waals surface area contributed by atoms with E-state index in [0.717, 1.165) is 0 Å². The van der Waals surface area contributed by atoms with E-state index in [4.69, 9.17) is 0 Å². The van der Waals surface area contributed by atoms with Crippen molar-refractivity contribution in [2.75, 3.05) is 0 Å². The highest BCUT2D eigenvalue weighted by Crippen LogP contribution is 2.46. The summed E-state index contributed by atoms with van der Waals surface area (Å²) in [5, 5.41) is 18.6. The molecule has 0 N–H and O–H groups in total. The molecule has 0 fully saturated rings. The Labute approximate surface area is 275 Å². The molecule has 11 aromatic rings. The molecule has 0 aliphatic carbocycles. The molecule has 0 atom stereocenters. The van der Waals surface area contributed by atoms with Crippen molar-refractivity contribution in [2.45, 2.75) is 0 Å². The second kappa shape index (κ2) is 9.39. The van der Waals surface area contributed by atoms with Crippen LogP contribution in [0.4, 0.5) is 0 Å². The van der Waals surface area contributed by atoms with E-state index >= 15 is 0 Å². The number of hydrogen-bond donors (Lipinski definition) is 0. The van der Waals surface area contributed by atoms with Crippen LogP contribution in [-0.2, 0) is 0 Å². The molecule has 47 heavy (non-hydrogen) atoms. The van der Waals surface area contributed by atoms with Crippen LogP contribution in [0.1, 0.15) is 0 Å². The largest absolute Gasteiger partial charge is 0.135 e. The van der Waals surface area contributed by atoms with E-state index in [2.05, 4.69) is 158 Å². The lowest BCUT2D eigenvalue weighted by Crippen LogP contribution is -1.90. The van der Waals surface area contributed by atoms with E-state index in [1.54, 1.807) is 0 Å². The van der Waals surface area contributed by atoms with Gasteiger partial charge in [0.15, 0.2) is 0 Å². The van der Waals surface area contributed by atoms with Crippen molar-refractivity contribution in [3.05, 3.63) is 158 Å². The summed E-state index contributed by atoms with van der Waals surface area (Å²) in [5.74, 6) is 0. The van der Waals surface area contributed by atoms with E-state index in [0.29, 0.717) is 0 Å². The third-order valence-corrected chi connectivity index (χ3v) is 11.6. The fraction of sp³-hybridized carbons (Fsp3) is 0. The SMILES string of the molecule is c1cc(-c2ccc3c(c2)c2cccc4c5ccccc5c5cccc3c5c42)cc(-c2cccc3c2sc2cc4ccccc4cc23)c1. The highest BCUT2D eigenvalue weighted by molar-refractivity contribution is 7.26. The summed E-state index contributed by atoms with van der Waals surface area (Å²) >= 11 is 1.91. The lowest BCUT2D eigenvalue weighted by Gasteiger charge is -2.18. The molecule has 11 rings (SSSR count). The van der Waals surface area contributed by atoms with E-state index in [1.807, 2.05) is 11.3 Å². The van der Waals surface area contributed by atoms with Gasteiger partial charge in [0.25, 0.3) is 0 Å². The van der Waals surface area contributed by atoms with Gasteiger partial charge in [-0.15, -0.1) is 11.3 Å². The zero-order chi connectivity index (χ0) is 30.6. The van der Waals surface area contributed by atoms with Gasteiger partial charge in [0.1, 0.15) is 0 Å². The second-order valence-electron chi connectivity index (χ2n) is 12.8. The van der Waals surface area contributed by atoms with Crippen molar-refractivity contribution in [1.29, 1.82) is 0 Å². The van der Waals surface area contributed by atoms with Crippen molar-refractivity contribution >= 4 is 96.1 Å². The van der Waals surface area contributed by atoms with Gasteiger partial charge in [0.05, 0.1) is 0 Å². The smallest absolute Gasteiger partial charge is 0.0433 e. The van der Waals surface area contributed by atoms with Crippen LogP contribution in [0, 0.1) is 0 Å². The minimum absolute atomic E-state index is 1.24. The molecule has 216 valence electrons. The van der Waals surface area contributed by atoms with Gasteiger partial charge in [0.2, 0.25) is 0 Å². The van der Waals surface area contributed by atoms with Crippen molar-refractivity contribution in [3.63, 3.8) is 0 Å². The Hall–Kier alpha value is -5.76. The van der Waals surface area contributed by atoms with E-state index in [9.17, 15) is 0 Å². The standard InChI is InChI=1S/C46H26S/c1-2-10-29-26-43-42(25-28(29)9-1)40-20-6-15-32(46(40)47-43)31-12-5-11-27(23-31)30-21-22-35-38-18-7-16-36-33-13-3-4-14-34(33)37-17-8-19-39(41(35)24-30)45(37)44(36)38/h1-26H. The normalized spacial score (nSPS) is 12.3. The average Bonchev–Trinajstić information content (AvgIpc) is 3.51. The van der Waals surface area contributed by atoms with Crippen molar-refractivity contribution in [2.24, 2.45) is 0 Å². The van der Waals surface area contributed by atoms with Crippen LogP contribution in [0.3, 0.4) is 0 Å². The lowest BCUT2D eigenvalue weighted by atomic mass is 9.85. The minimum Gasteiger partial charge on any atom is -0.135 e. The van der Waals surface area contributed by atoms with Gasteiger partial charge in [-0.05, 0) is 111 Å². The number of benzene rings is 10. The quantitative estimate of drug-likeness (QED) is 0.135. The highest BCUT2D eigenvalue weighted by Gasteiger charge is 2.17.